The van der Waals surface area contributed by atoms with Gasteiger partial charge in [0.1, 0.15) is 0 Å². The highest BCUT2D eigenvalue weighted by Gasteiger charge is 2.13. The van der Waals surface area contributed by atoms with E-state index in [0.29, 0.717) is 10.8 Å². The molecule has 2 rings (SSSR count). The molecule has 0 aliphatic carbocycles. The predicted molar refractivity (Wildman–Crippen MR) is 71.8 cm³/mol. The third-order valence-electron chi connectivity index (χ3n) is 3.11. The minimum Gasteiger partial charge on any atom is -0.356 e. The molecule has 1 aliphatic heterocycles. The zero-order valence-corrected chi connectivity index (χ0v) is 11.3. The zero-order chi connectivity index (χ0) is 13.0. The number of hydrogen-bond acceptors (Lipinski definition) is 4. The Hall–Kier alpha value is -0.910. The number of likely N-dealkylation sites (N-methyl/N-ethyl adjacent to an activating group) is 1. The van der Waals surface area contributed by atoms with E-state index in [4.69, 9.17) is 11.6 Å². The van der Waals surface area contributed by atoms with Gasteiger partial charge in [-0.15, -0.1) is 0 Å². The minimum atomic E-state index is -0.370. The fraction of sp³-hybridized carbons (Fsp3) is 0.583. The smallest absolute Gasteiger partial charge is 0.167 e. The van der Waals surface area contributed by atoms with E-state index < -0.39 is 0 Å². The number of pyridine rings is 1. The fourth-order valence-electron chi connectivity index (χ4n) is 2.02. The Balaban J connectivity index is 1.88. The van der Waals surface area contributed by atoms with Gasteiger partial charge < -0.3 is 10.2 Å². The van der Waals surface area contributed by atoms with Gasteiger partial charge in [-0.3, -0.25) is 4.90 Å². The van der Waals surface area contributed by atoms with E-state index in [1.165, 1.54) is 12.3 Å². The topological polar surface area (TPSA) is 31.4 Å². The SMILES string of the molecule is CN(CCN1CCNCC1)c1ncc(Cl)cc1F. The summed E-state index contributed by atoms with van der Waals surface area (Å²) in [5, 5.41) is 3.63. The van der Waals surface area contributed by atoms with Gasteiger partial charge in [-0.25, -0.2) is 9.37 Å². The highest BCUT2D eigenvalue weighted by atomic mass is 35.5. The third-order valence-corrected chi connectivity index (χ3v) is 3.32. The minimum absolute atomic E-state index is 0.326. The van der Waals surface area contributed by atoms with Gasteiger partial charge in [0.25, 0.3) is 0 Å². The molecule has 0 atom stereocenters. The second kappa shape index (κ2) is 6.31. The average Bonchev–Trinajstić information content (AvgIpc) is 2.37. The van der Waals surface area contributed by atoms with Crippen LogP contribution < -0.4 is 10.2 Å². The average molecular weight is 273 g/mol. The molecule has 1 fully saturated rings. The number of hydrogen-bond donors (Lipinski definition) is 1. The van der Waals surface area contributed by atoms with Crippen LogP contribution in [0.4, 0.5) is 10.2 Å². The first-order chi connectivity index (χ1) is 8.66. The first-order valence-corrected chi connectivity index (χ1v) is 6.50. The van der Waals surface area contributed by atoms with Crippen LogP contribution in [0.1, 0.15) is 0 Å². The first kappa shape index (κ1) is 13.5. The molecule has 4 nitrogen and oxygen atoms in total. The number of nitrogens with zero attached hydrogens (tertiary/aromatic N) is 3. The molecule has 1 aromatic heterocycles. The van der Waals surface area contributed by atoms with Gasteiger partial charge in [0.15, 0.2) is 11.6 Å². The molecular formula is C12H18ClFN4. The van der Waals surface area contributed by atoms with E-state index >= 15 is 0 Å². The number of anilines is 1. The predicted octanol–water partition coefficient (Wildman–Crippen LogP) is 1.22. The van der Waals surface area contributed by atoms with Gasteiger partial charge in [0.2, 0.25) is 0 Å². The Morgan fingerprint density at radius 1 is 1.50 bits per heavy atom. The van der Waals surface area contributed by atoms with Crippen LogP contribution in [0.5, 0.6) is 0 Å². The van der Waals surface area contributed by atoms with Crippen molar-refractivity contribution in [2.45, 2.75) is 0 Å². The summed E-state index contributed by atoms with van der Waals surface area (Å²) in [5.41, 5.74) is 0. The second-order valence-electron chi connectivity index (χ2n) is 4.47. The van der Waals surface area contributed by atoms with E-state index in [9.17, 15) is 4.39 Å². The lowest BCUT2D eigenvalue weighted by Gasteiger charge is -2.29. The normalized spacial score (nSPS) is 16.8. The summed E-state index contributed by atoms with van der Waals surface area (Å²) in [6.45, 7) is 5.82. The second-order valence-corrected chi connectivity index (χ2v) is 4.91. The van der Waals surface area contributed by atoms with Gasteiger partial charge in [0, 0.05) is 52.5 Å². The lowest BCUT2D eigenvalue weighted by molar-refractivity contribution is 0.246. The standard InChI is InChI=1S/C12H18ClFN4/c1-17(6-7-18-4-2-15-3-5-18)12-11(14)8-10(13)9-16-12/h8-9,15H,2-7H2,1H3. The van der Waals surface area contributed by atoms with Crippen LogP contribution in [0.25, 0.3) is 0 Å². The summed E-state index contributed by atoms with van der Waals surface area (Å²) in [6, 6.07) is 1.30. The number of piperazine rings is 1. The van der Waals surface area contributed by atoms with Gasteiger partial charge in [0.05, 0.1) is 5.02 Å². The maximum absolute atomic E-state index is 13.7. The van der Waals surface area contributed by atoms with E-state index in [0.717, 1.165) is 39.3 Å². The number of rotatable bonds is 4. The molecule has 100 valence electrons. The van der Waals surface area contributed by atoms with Crippen LogP contribution >= 0.6 is 11.6 Å². The summed E-state index contributed by atoms with van der Waals surface area (Å²) in [6.07, 6.45) is 1.47. The molecule has 18 heavy (non-hydrogen) atoms. The van der Waals surface area contributed by atoms with Crippen LogP contribution in [0, 0.1) is 5.82 Å². The third kappa shape index (κ3) is 3.54. The van der Waals surface area contributed by atoms with Gasteiger partial charge >= 0.3 is 0 Å². The summed E-state index contributed by atoms with van der Waals surface area (Å²) in [5.74, 6) is -0.0140. The van der Waals surface area contributed by atoms with E-state index in [-0.39, 0.29) is 5.82 Å². The lowest BCUT2D eigenvalue weighted by atomic mass is 10.3. The molecule has 2 heterocycles. The molecule has 1 aliphatic rings. The lowest BCUT2D eigenvalue weighted by Crippen LogP contribution is -2.46. The van der Waals surface area contributed by atoms with Crippen LogP contribution in [0.3, 0.4) is 0 Å². The van der Waals surface area contributed by atoms with Crippen molar-refractivity contribution in [1.29, 1.82) is 0 Å². The first-order valence-electron chi connectivity index (χ1n) is 6.12. The van der Waals surface area contributed by atoms with E-state index in [2.05, 4.69) is 15.2 Å². The zero-order valence-electron chi connectivity index (χ0n) is 10.5. The molecule has 0 spiro atoms. The van der Waals surface area contributed by atoms with Crippen LogP contribution in [-0.4, -0.2) is 56.2 Å². The quantitative estimate of drug-likeness (QED) is 0.893. The van der Waals surface area contributed by atoms with Crippen molar-refractivity contribution >= 4 is 17.4 Å². The highest BCUT2D eigenvalue weighted by Crippen LogP contribution is 2.18. The molecule has 1 saturated heterocycles. The Morgan fingerprint density at radius 2 is 2.22 bits per heavy atom. The fourth-order valence-corrected chi connectivity index (χ4v) is 2.16. The summed E-state index contributed by atoms with van der Waals surface area (Å²) in [4.78, 5) is 8.22. The summed E-state index contributed by atoms with van der Waals surface area (Å²) >= 11 is 5.68. The summed E-state index contributed by atoms with van der Waals surface area (Å²) < 4.78 is 13.7. The van der Waals surface area contributed by atoms with Crippen LogP contribution in [-0.2, 0) is 0 Å². The van der Waals surface area contributed by atoms with Crippen LogP contribution in [0.15, 0.2) is 12.3 Å². The van der Waals surface area contributed by atoms with Gasteiger partial charge in [-0.05, 0) is 6.07 Å². The number of halogens is 2. The molecule has 0 bridgehead atoms. The molecule has 0 radical (unpaired) electrons. The van der Waals surface area contributed by atoms with Crippen molar-refractivity contribution in [2.75, 3.05) is 51.2 Å². The highest BCUT2D eigenvalue weighted by molar-refractivity contribution is 6.30. The summed E-state index contributed by atoms with van der Waals surface area (Å²) in [7, 11) is 1.85. The molecule has 0 saturated carbocycles. The van der Waals surface area contributed by atoms with E-state index in [1.54, 1.807) is 0 Å². The molecule has 6 heteroatoms. The van der Waals surface area contributed by atoms with Crippen molar-refractivity contribution in [3.05, 3.63) is 23.1 Å². The van der Waals surface area contributed by atoms with E-state index in [1.807, 2.05) is 11.9 Å². The van der Waals surface area contributed by atoms with Crippen molar-refractivity contribution in [3.63, 3.8) is 0 Å². The molecule has 0 unspecified atom stereocenters. The molecule has 1 N–H and O–H groups in total. The monoisotopic (exact) mass is 272 g/mol. The largest absolute Gasteiger partial charge is 0.356 e. The van der Waals surface area contributed by atoms with Crippen LogP contribution in [0.2, 0.25) is 5.02 Å². The van der Waals surface area contributed by atoms with Crippen molar-refractivity contribution in [3.8, 4) is 0 Å². The van der Waals surface area contributed by atoms with Crippen molar-refractivity contribution in [1.82, 2.24) is 15.2 Å². The van der Waals surface area contributed by atoms with Crippen molar-refractivity contribution in [2.24, 2.45) is 0 Å². The Labute approximate surface area is 112 Å². The molecular weight excluding hydrogens is 255 g/mol. The Morgan fingerprint density at radius 3 is 2.89 bits per heavy atom. The molecule has 0 aromatic carbocycles. The van der Waals surface area contributed by atoms with Crippen molar-refractivity contribution < 1.29 is 4.39 Å². The maximum Gasteiger partial charge on any atom is 0.167 e. The Bertz CT molecular complexity index is 396. The molecule has 0 amide bonds. The van der Waals surface area contributed by atoms with Gasteiger partial charge in [-0.1, -0.05) is 11.6 Å². The Kier molecular flexibility index (Phi) is 4.74. The number of nitrogens with one attached hydrogen (secondary N) is 1. The van der Waals surface area contributed by atoms with Gasteiger partial charge in [-0.2, -0.15) is 0 Å². The number of aromatic nitrogens is 1. The maximum atomic E-state index is 13.7. The molecule has 1 aromatic rings.